The van der Waals surface area contributed by atoms with E-state index in [9.17, 15) is 19.2 Å². The maximum atomic E-state index is 13.8. The molecule has 3 atom stereocenters. The van der Waals surface area contributed by atoms with Crippen LogP contribution in [0.15, 0.2) is 72.8 Å². The summed E-state index contributed by atoms with van der Waals surface area (Å²) in [5.74, 6) is -4.62. The largest absolute Gasteiger partial charge is 0.349 e. The van der Waals surface area contributed by atoms with E-state index in [0.717, 1.165) is 10.5 Å². The molecule has 168 valence electrons. The average Bonchev–Trinajstić information content (AvgIpc) is 3.40. The number of carbonyl (C=O) groups excluding carboxylic acids is 4. The van der Waals surface area contributed by atoms with E-state index in [0.29, 0.717) is 16.3 Å². The fourth-order valence-corrected chi connectivity index (χ4v) is 5.63. The van der Waals surface area contributed by atoms with Crippen molar-refractivity contribution in [3.8, 4) is 0 Å². The smallest absolute Gasteiger partial charge is 0.241 e. The Labute approximate surface area is 200 Å². The van der Waals surface area contributed by atoms with E-state index in [1.165, 1.54) is 6.07 Å². The first-order valence-corrected chi connectivity index (χ1v) is 11.3. The standard InChI is InChI=1S/C27H18ClNO5/c1-14-9-11-15(12-10-14)22-20-21(26(33)29(25(20)32)17-6-4-5-16(28)13-17)27(34-22)23(30)18-7-2-3-8-19(18)24(27)31/h2-13,20-22H,1H3/t20-,21-,22-/m0/s1. The van der Waals surface area contributed by atoms with E-state index >= 15 is 0 Å². The van der Waals surface area contributed by atoms with Gasteiger partial charge in [0.2, 0.25) is 29.0 Å². The van der Waals surface area contributed by atoms with Gasteiger partial charge in [0.1, 0.15) is 0 Å². The van der Waals surface area contributed by atoms with Crippen LogP contribution >= 0.6 is 11.6 Å². The van der Waals surface area contributed by atoms with Crippen molar-refractivity contribution in [2.24, 2.45) is 11.8 Å². The van der Waals surface area contributed by atoms with Crippen molar-refractivity contribution in [2.45, 2.75) is 18.6 Å². The summed E-state index contributed by atoms with van der Waals surface area (Å²) < 4.78 is 6.27. The van der Waals surface area contributed by atoms with E-state index in [2.05, 4.69) is 0 Å². The lowest BCUT2D eigenvalue weighted by Gasteiger charge is -2.27. The van der Waals surface area contributed by atoms with Gasteiger partial charge in [-0.15, -0.1) is 0 Å². The molecule has 1 spiro atoms. The minimum absolute atomic E-state index is 0.206. The fourth-order valence-electron chi connectivity index (χ4n) is 5.44. The molecule has 34 heavy (non-hydrogen) atoms. The first-order chi connectivity index (χ1) is 16.3. The molecule has 3 aliphatic rings. The molecule has 2 fully saturated rings. The highest BCUT2D eigenvalue weighted by molar-refractivity contribution is 6.37. The summed E-state index contributed by atoms with van der Waals surface area (Å²) in [6, 6.07) is 20.1. The number of ether oxygens (including phenoxy) is 1. The Balaban J connectivity index is 1.55. The number of carbonyl (C=O) groups is 4. The first kappa shape index (κ1) is 21.0. The highest BCUT2D eigenvalue weighted by Crippen LogP contribution is 2.57. The van der Waals surface area contributed by atoms with E-state index in [1.807, 2.05) is 19.1 Å². The second-order valence-electron chi connectivity index (χ2n) is 8.88. The van der Waals surface area contributed by atoms with Gasteiger partial charge in [0.15, 0.2) is 0 Å². The quantitative estimate of drug-likeness (QED) is 0.410. The number of aryl methyl sites for hydroxylation is 1. The molecule has 2 heterocycles. The van der Waals surface area contributed by atoms with Gasteiger partial charge in [-0.05, 0) is 30.7 Å². The Morgan fingerprint density at radius 1 is 0.824 bits per heavy atom. The van der Waals surface area contributed by atoms with Gasteiger partial charge >= 0.3 is 0 Å². The van der Waals surface area contributed by atoms with Crippen molar-refractivity contribution in [1.29, 1.82) is 0 Å². The van der Waals surface area contributed by atoms with Crippen LogP contribution in [0.5, 0.6) is 0 Å². The third-order valence-corrected chi connectivity index (χ3v) is 7.23. The molecule has 1 aliphatic carbocycles. The maximum Gasteiger partial charge on any atom is 0.241 e. The van der Waals surface area contributed by atoms with Gasteiger partial charge in [-0.3, -0.25) is 19.2 Å². The summed E-state index contributed by atoms with van der Waals surface area (Å²) in [5, 5.41) is 0.358. The van der Waals surface area contributed by atoms with Crippen molar-refractivity contribution in [1.82, 2.24) is 0 Å². The Morgan fingerprint density at radius 2 is 1.47 bits per heavy atom. The Kier molecular flexibility index (Phi) is 4.43. The zero-order chi connectivity index (χ0) is 23.8. The molecule has 6 rings (SSSR count). The van der Waals surface area contributed by atoms with Gasteiger partial charge < -0.3 is 4.74 Å². The number of Topliss-reactive ketones (excluding diaryl/α,β-unsaturated/α-hetero) is 2. The van der Waals surface area contributed by atoms with Gasteiger partial charge in [0, 0.05) is 16.1 Å². The highest BCUT2D eigenvalue weighted by atomic mass is 35.5. The molecule has 0 N–H and O–H groups in total. The summed E-state index contributed by atoms with van der Waals surface area (Å²) in [4.78, 5) is 56.0. The van der Waals surface area contributed by atoms with Crippen LogP contribution in [0.1, 0.15) is 37.9 Å². The number of nitrogens with zero attached hydrogens (tertiary/aromatic N) is 1. The number of anilines is 1. The van der Waals surface area contributed by atoms with Crippen LogP contribution in [0.3, 0.4) is 0 Å². The molecule has 2 saturated heterocycles. The molecule has 3 aromatic rings. The lowest BCUT2D eigenvalue weighted by Crippen LogP contribution is -2.51. The van der Waals surface area contributed by atoms with Crippen molar-refractivity contribution < 1.29 is 23.9 Å². The van der Waals surface area contributed by atoms with Gasteiger partial charge in [0.05, 0.1) is 23.6 Å². The summed E-state index contributed by atoms with van der Waals surface area (Å²) in [6.07, 6.45) is -0.937. The number of fused-ring (bicyclic) bond motifs is 3. The lowest BCUT2D eigenvalue weighted by molar-refractivity contribution is -0.127. The summed E-state index contributed by atoms with van der Waals surface area (Å²) in [6.45, 7) is 1.93. The van der Waals surface area contributed by atoms with Crippen LogP contribution in [0.4, 0.5) is 5.69 Å². The van der Waals surface area contributed by atoms with Gasteiger partial charge in [0.25, 0.3) is 0 Å². The molecule has 0 aromatic heterocycles. The van der Waals surface area contributed by atoms with Crippen molar-refractivity contribution in [2.75, 3.05) is 4.90 Å². The van der Waals surface area contributed by atoms with E-state index < -0.39 is 46.9 Å². The van der Waals surface area contributed by atoms with Gasteiger partial charge in [-0.2, -0.15) is 0 Å². The SMILES string of the molecule is Cc1ccc([C@@H]2OC3(C(=O)c4ccccc4C3=O)[C@@H]3C(=O)N(c4cccc(Cl)c4)C(=O)[C@@H]32)cc1. The molecule has 2 aliphatic heterocycles. The normalized spacial score (nSPS) is 24.8. The molecular weight excluding hydrogens is 454 g/mol. The third-order valence-electron chi connectivity index (χ3n) is 6.99. The van der Waals surface area contributed by atoms with Crippen LogP contribution in [0.25, 0.3) is 0 Å². The molecule has 0 unspecified atom stereocenters. The van der Waals surface area contributed by atoms with Gasteiger partial charge in [-0.1, -0.05) is 71.8 Å². The highest BCUT2D eigenvalue weighted by Gasteiger charge is 2.74. The summed E-state index contributed by atoms with van der Waals surface area (Å²) in [5.41, 5.74) is 0.259. The Bertz CT molecular complexity index is 1380. The van der Waals surface area contributed by atoms with Crippen LogP contribution in [-0.2, 0) is 14.3 Å². The first-order valence-electron chi connectivity index (χ1n) is 10.9. The molecule has 7 heteroatoms. The summed E-state index contributed by atoms with van der Waals surface area (Å²) >= 11 is 6.12. The molecule has 0 bridgehead atoms. The molecular formula is C27H18ClNO5. The lowest BCUT2D eigenvalue weighted by atomic mass is 9.77. The van der Waals surface area contributed by atoms with Crippen molar-refractivity contribution in [3.63, 3.8) is 0 Å². The zero-order valence-corrected chi connectivity index (χ0v) is 18.8. The topological polar surface area (TPSA) is 80.8 Å². The Morgan fingerprint density at radius 3 is 2.09 bits per heavy atom. The Hall–Kier alpha value is -3.61. The predicted octanol–water partition coefficient (Wildman–Crippen LogP) is 4.34. The van der Waals surface area contributed by atoms with E-state index in [4.69, 9.17) is 16.3 Å². The van der Waals surface area contributed by atoms with Crippen molar-refractivity contribution >= 4 is 40.7 Å². The second-order valence-corrected chi connectivity index (χ2v) is 9.32. The van der Waals surface area contributed by atoms with Gasteiger partial charge in [-0.25, -0.2) is 4.90 Å². The van der Waals surface area contributed by atoms with E-state index in [-0.39, 0.29) is 11.1 Å². The molecule has 0 saturated carbocycles. The molecule has 0 radical (unpaired) electrons. The summed E-state index contributed by atoms with van der Waals surface area (Å²) in [7, 11) is 0. The number of amides is 2. The number of imide groups is 1. The number of ketones is 2. The van der Waals surface area contributed by atoms with Crippen LogP contribution in [0, 0.1) is 18.8 Å². The number of halogens is 1. The average molecular weight is 472 g/mol. The molecule has 2 amide bonds. The fraction of sp³-hybridized carbons (Fsp3) is 0.185. The van der Waals surface area contributed by atoms with E-state index in [1.54, 1.807) is 54.6 Å². The van der Waals surface area contributed by atoms with Crippen molar-refractivity contribution in [3.05, 3.63) is 100 Å². The zero-order valence-electron chi connectivity index (χ0n) is 18.0. The third kappa shape index (κ3) is 2.61. The number of benzene rings is 3. The number of rotatable bonds is 2. The molecule has 6 nitrogen and oxygen atoms in total. The number of hydrogen-bond donors (Lipinski definition) is 0. The minimum Gasteiger partial charge on any atom is -0.349 e. The predicted molar refractivity (Wildman–Crippen MR) is 124 cm³/mol. The maximum absolute atomic E-state index is 13.8. The van der Waals surface area contributed by atoms with Crippen LogP contribution in [-0.4, -0.2) is 29.0 Å². The minimum atomic E-state index is -2.08. The molecule has 3 aromatic carbocycles. The van der Waals surface area contributed by atoms with Crippen LogP contribution < -0.4 is 4.90 Å². The monoisotopic (exact) mass is 471 g/mol. The second kappa shape index (κ2) is 7.19. The number of hydrogen-bond acceptors (Lipinski definition) is 5. The van der Waals surface area contributed by atoms with Crippen LogP contribution in [0.2, 0.25) is 5.02 Å².